The van der Waals surface area contributed by atoms with Crippen LogP contribution in [0.3, 0.4) is 0 Å². The first kappa shape index (κ1) is 13.7. The zero-order valence-electron chi connectivity index (χ0n) is 10.6. The molecule has 1 aromatic rings. The third-order valence-corrected chi connectivity index (χ3v) is 2.64. The lowest BCUT2D eigenvalue weighted by Crippen LogP contribution is -2.25. The van der Waals surface area contributed by atoms with E-state index in [1.54, 1.807) is 6.20 Å². The van der Waals surface area contributed by atoms with Crippen LogP contribution in [0.5, 0.6) is 5.75 Å². The van der Waals surface area contributed by atoms with Gasteiger partial charge in [0.05, 0.1) is 12.8 Å². The lowest BCUT2D eigenvalue weighted by atomic mass is 10.1. The summed E-state index contributed by atoms with van der Waals surface area (Å²) < 4.78 is 6.83. The quantitative estimate of drug-likeness (QED) is 0.721. The fourth-order valence-electron chi connectivity index (χ4n) is 1.33. The summed E-state index contributed by atoms with van der Waals surface area (Å²) in [6.07, 6.45) is 3.39. The summed E-state index contributed by atoms with van der Waals surface area (Å²) in [5, 5.41) is 4.09. The third-order valence-electron chi connectivity index (χ3n) is 2.64. The first-order chi connectivity index (χ1) is 8.17. The van der Waals surface area contributed by atoms with Crippen LogP contribution in [-0.2, 0) is 6.54 Å². The van der Waals surface area contributed by atoms with E-state index in [-0.39, 0.29) is 5.56 Å². The number of nitrogens with two attached hydrogens (primary N) is 1. The van der Waals surface area contributed by atoms with Crippen molar-refractivity contribution in [1.82, 2.24) is 9.78 Å². The summed E-state index contributed by atoms with van der Waals surface area (Å²) in [6, 6.07) is 1.48. The second kappa shape index (κ2) is 7.06. The van der Waals surface area contributed by atoms with Gasteiger partial charge in [0.1, 0.15) is 5.75 Å². The highest BCUT2D eigenvalue weighted by Gasteiger charge is 2.04. The second-order valence-electron chi connectivity index (χ2n) is 4.22. The van der Waals surface area contributed by atoms with Crippen molar-refractivity contribution in [3.8, 4) is 5.75 Å². The lowest BCUT2D eigenvalue weighted by molar-refractivity contribution is 0.307. The Hall–Kier alpha value is -1.36. The van der Waals surface area contributed by atoms with Gasteiger partial charge in [-0.15, -0.1) is 0 Å². The number of ether oxygens (including phenoxy) is 1. The van der Waals surface area contributed by atoms with E-state index in [9.17, 15) is 4.79 Å². The lowest BCUT2D eigenvalue weighted by Gasteiger charge is -2.10. The Morgan fingerprint density at radius 2 is 2.35 bits per heavy atom. The number of rotatable bonds is 7. The first-order valence-electron chi connectivity index (χ1n) is 6.07. The number of aromatic nitrogens is 2. The van der Waals surface area contributed by atoms with Crippen LogP contribution in [0.25, 0.3) is 0 Å². The molecule has 1 aromatic heterocycles. The predicted octanol–water partition coefficient (Wildman–Crippen LogP) is 1.02. The van der Waals surface area contributed by atoms with E-state index in [0.717, 1.165) is 12.8 Å². The molecule has 0 aliphatic rings. The van der Waals surface area contributed by atoms with Gasteiger partial charge in [-0.05, 0) is 18.9 Å². The molecule has 1 atom stereocenters. The maximum atomic E-state index is 11.7. The fraction of sp³-hybridized carbons (Fsp3) is 0.667. The van der Waals surface area contributed by atoms with Gasteiger partial charge in [0.25, 0.3) is 5.56 Å². The van der Waals surface area contributed by atoms with Crippen molar-refractivity contribution >= 4 is 0 Å². The minimum Gasteiger partial charge on any atom is -0.492 e. The Labute approximate surface area is 102 Å². The van der Waals surface area contributed by atoms with Crippen LogP contribution in [0, 0.1) is 5.92 Å². The molecular weight excluding hydrogens is 218 g/mol. The van der Waals surface area contributed by atoms with E-state index >= 15 is 0 Å². The van der Waals surface area contributed by atoms with Crippen LogP contribution in [0.15, 0.2) is 17.1 Å². The van der Waals surface area contributed by atoms with Crippen molar-refractivity contribution in [3.05, 3.63) is 22.6 Å². The highest BCUT2D eigenvalue weighted by Crippen LogP contribution is 2.06. The molecule has 0 spiro atoms. The summed E-state index contributed by atoms with van der Waals surface area (Å²) in [5.41, 5.74) is 5.24. The highest BCUT2D eigenvalue weighted by molar-refractivity contribution is 5.13. The Balaban J connectivity index is 2.63. The Bertz CT molecular complexity index is 390. The van der Waals surface area contributed by atoms with E-state index in [1.807, 2.05) is 0 Å². The van der Waals surface area contributed by atoms with Gasteiger partial charge in [-0.1, -0.05) is 20.3 Å². The van der Waals surface area contributed by atoms with Gasteiger partial charge in [-0.3, -0.25) is 4.79 Å². The molecule has 96 valence electrons. The smallest absolute Gasteiger partial charge is 0.270 e. The molecule has 0 saturated heterocycles. The number of nitrogens with zero attached hydrogens (tertiary/aromatic N) is 2. The molecule has 1 heterocycles. The molecule has 0 aromatic carbocycles. The van der Waals surface area contributed by atoms with Crippen LogP contribution in [0.4, 0.5) is 0 Å². The second-order valence-corrected chi connectivity index (χ2v) is 4.22. The van der Waals surface area contributed by atoms with Crippen molar-refractivity contribution in [2.24, 2.45) is 11.7 Å². The highest BCUT2D eigenvalue weighted by atomic mass is 16.5. The van der Waals surface area contributed by atoms with Crippen molar-refractivity contribution in [3.63, 3.8) is 0 Å². The average Bonchev–Trinajstić information content (AvgIpc) is 2.32. The Morgan fingerprint density at radius 1 is 1.59 bits per heavy atom. The maximum absolute atomic E-state index is 11.7. The van der Waals surface area contributed by atoms with Crippen LogP contribution in [-0.4, -0.2) is 22.9 Å². The number of hydrogen-bond donors (Lipinski definition) is 1. The summed E-state index contributed by atoms with van der Waals surface area (Å²) in [7, 11) is 0. The largest absolute Gasteiger partial charge is 0.492 e. The molecule has 1 unspecified atom stereocenters. The first-order valence-corrected chi connectivity index (χ1v) is 6.07. The van der Waals surface area contributed by atoms with Crippen molar-refractivity contribution < 1.29 is 4.74 Å². The van der Waals surface area contributed by atoms with Gasteiger partial charge in [0.15, 0.2) is 0 Å². The monoisotopic (exact) mass is 239 g/mol. The van der Waals surface area contributed by atoms with E-state index < -0.39 is 0 Å². The van der Waals surface area contributed by atoms with E-state index in [1.165, 1.54) is 10.7 Å². The minimum atomic E-state index is -0.115. The molecule has 5 heteroatoms. The molecule has 0 bridgehead atoms. The summed E-state index contributed by atoms with van der Waals surface area (Å²) in [6.45, 7) is 5.95. The summed E-state index contributed by atoms with van der Waals surface area (Å²) in [4.78, 5) is 11.7. The predicted molar refractivity (Wildman–Crippen MR) is 67.1 cm³/mol. The third kappa shape index (κ3) is 4.56. The molecule has 2 N–H and O–H groups in total. The van der Waals surface area contributed by atoms with Crippen LogP contribution in [0.1, 0.15) is 26.7 Å². The van der Waals surface area contributed by atoms with Crippen LogP contribution in [0.2, 0.25) is 0 Å². The fourth-order valence-corrected chi connectivity index (χ4v) is 1.33. The molecule has 0 aliphatic heterocycles. The van der Waals surface area contributed by atoms with E-state index in [4.69, 9.17) is 10.5 Å². The minimum absolute atomic E-state index is 0.115. The van der Waals surface area contributed by atoms with Crippen molar-refractivity contribution in [2.75, 3.05) is 13.2 Å². The molecule has 0 saturated carbocycles. The van der Waals surface area contributed by atoms with E-state index in [2.05, 4.69) is 18.9 Å². The van der Waals surface area contributed by atoms with Crippen molar-refractivity contribution in [2.45, 2.75) is 33.2 Å². The molecule has 0 radical (unpaired) electrons. The van der Waals surface area contributed by atoms with Gasteiger partial charge in [0, 0.05) is 12.6 Å². The van der Waals surface area contributed by atoms with Gasteiger partial charge >= 0.3 is 0 Å². The zero-order chi connectivity index (χ0) is 12.7. The summed E-state index contributed by atoms with van der Waals surface area (Å²) >= 11 is 0. The Morgan fingerprint density at radius 3 is 2.94 bits per heavy atom. The van der Waals surface area contributed by atoms with Crippen LogP contribution < -0.4 is 16.0 Å². The normalized spacial score (nSPS) is 12.4. The van der Waals surface area contributed by atoms with Gasteiger partial charge in [0.2, 0.25) is 0 Å². The van der Waals surface area contributed by atoms with Gasteiger partial charge in [-0.2, -0.15) is 5.10 Å². The van der Waals surface area contributed by atoms with E-state index in [0.29, 0.717) is 31.4 Å². The van der Waals surface area contributed by atoms with Crippen LogP contribution >= 0.6 is 0 Å². The van der Waals surface area contributed by atoms with Gasteiger partial charge < -0.3 is 10.5 Å². The molecule has 0 fully saturated rings. The van der Waals surface area contributed by atoms with Crippen molar-refractivity contribution in [1.29, 1.82) is 0 Å². The van der Waals surface area contributed by atoms with Gasteiger partial charge in [-0.25, -0.2) is 4.68 Å². The molecule has 0 aliphatic carbocycles. The topological polar surface area (TPSA) is 70.1 Å². The average molecular weight is 239 g/mol. The summed E-state index contributed by atoms with van der Waals surface area (Å²) in [5.74, 6) is 0.966. The SMILES string of the molecule is CCC(C)Cn1ncc(OCCCN)cc1=O. The molecule has 0 amide bonds. The zero-order valence-corrected chi connectivity index (χ0v) is 10.6. The molecule has 1 rings (SSSR count). The standard InChI is InChI=1S/C12H21N3O2/c1-3-10(2)9-15-12(16)7-11(8-14-15)17-6-4-5-13/h7-8,10H,3-6,9,13H2,1-2H3. The molecular formula is C12H21N3O2. The molecule has 17 heavy (non-hydrogen) atoms. The maximum Gasteiger partial charge on any atom is 0.270 e. The Kier molecular flexibility index (Phi) is 5.69. The molecule has 5 nitrogen and oxygen atoms in total. The number of hydrogen-bond acceptors (Lipinski definition) is 4.